The Hall–Kier alpha value is -0.730. The third-order valence-electron chi connectivity index (χ3n) is 3.83. The number of imidazole rings is 1. The van der Waals surface area contributed by atoms with Gasteiger partial charge in [0.15, 0.2) is 0 Å². The van der Waals surface area contributed by atoms with Crippen molar-refractivity contribution < 1.29 is 0 Å². The van der Waals surface area contributed by atoms with Crippen LogP contribution in [0.2, 0.25) is 5.02 Å². The van der Waals surface area contributed by atoms with Gasteiger partial charge in [0, 0.05) is 6.04 Å². The zero-order valence-corrected chi connectivity index (χ0v) is 12.3. The van der Waals surface area contributed by atoms with Gasteiger partial charge in [0.05, 0.1) is 15.9 Å². The minimum atomic E-state index is -0.107. The highest BCUT2D eigenvalue weighted by molar-refractivity contribution is 6.35. The molecule has 1 fully saturated rings. The minimum Gasteiger partial charge on any atom is -0.323 e. The standard InChI is InChI=1S/C14H16Cl2N2/c1-8(15)13-17-12-9(16)5-4-6-10(12)18(13)11-7-14(11,2)3/h4-6,8,11H,7H2,1-3H3. The molecule has 2 unspecified atom stereocenters. The van der Waals surface area contributed by atoms with Crippen molar-refractivity contribution in [2.24, 2.45) is 5.41 Å². The maximum atomic E-state index is 6.27. The van der Waals surface area contributed by atoms with Crippen LogP contribution < -0.4 is 0 Å². The third kappa shape index (κ3) is 1.74. The lowest BCUT2D eigenvalue weighted by Gasteiger charge is -2.12. The monoisotopic (exact) mass is 282 g/mol. The summed E-state index contributed by atoms with van der Waals surface area (Å²) in [5, 5.41) is 0.591. The van der Waals surface area contributed by atoms with Crippen LogP contribution in [0.4, 0.5) is 0 Å². The van der Waals surface area contributed by atoms with Gasteiger partial charge >= 0.3 is 0 Å². The van der Waals surface area contributed by atoms with E-state index in [4.69, 9.17) is 23.2 Å². The van der Waals surface area contributed by atoms with Gasteiger partial charge in [-0.25, -0.2) is 4.98 Å². The van der Waals surface area contributed by atoms with Crippen molar-refractivity contribution in [2.45, 2.75) is 38.6 Å². The fourth-order valence-electron chi connectivity index (χ4n) is 2.59. The summed E-state index contributed by atoms with van der Waals surface area (Å²) in [6, 6.07) is 6.41. The molecule has 3 rings (SSSR count). The van der Waals surface area contributed by atoms with E-state index in [0.717, 1.165) is 16.9 Å². The highest BCUT2D eigenvalue weighted by atomic mass is 35.5. The zero-order chi connectivity index (χ0) is 13.1. The molecule has 1 heterocycles. The summed E-state index contributed by atoms with van der Waals surface area (Å²) in [5.41, 5.74) is 2.29. The van der Waals surface area contributed by atoms with Crippen LogP contribution in [0.25, 0.3) is 11.0 Å². The number of benzene rings is 1. The molecular formula is C14H16Cl2N2. The van der Waals surface area contributed by atoms with Crippen LogP contribution in [0.15, 0.2) is 18.2 Å². The molecule has 1 aliphatic rings. The molecule has 2 atom stereocenters. The first-order valence-electron chi connectivity index (χ1n) is 6.22. The quantitative estimate of drug-likeness (QED) is 0.712. The first kappa shape index (κ1) is 12.3. The van der Waals surface area contributed by atoms with Crippen molar-refractivity contribution >= 4 is 34.2 Å². The van der Waals surface area contributed by atoms with Crippen molar-refractivity contribution in [2.75, 3.05) is 0 Å². The van der Waals surface area contributed by atoms with E-state index in [2.05, 4.69) is 29.5 Å². The summed E-state index contributed by atoms with van der Waals surface area (Å²) in [7, 11) is 0. The number of alkyl halides is 1. The van der Waals surface area contributed by atoms with E-state index in [1.807, 2.05) is 19.1 Å². The predicted octanol–water partition coefficient (Wildman–Crippen LogP) is 4.96. The second kappa shape index (κ2) is 3.88. The molecule has 0 saturated heterocycles. The van der Waals surface area contributed by atoms with Crippen LogP contribution in [-0.2, 0) is 0 Å². The molecule has 0 bridgehead atoms. The van der Waals surface area contributed by atoms with Gasteiger partial charge in [-0.15, -0.1) is 11.6 Å². The van der Waals surface area contributed by atoms with E-state index in [1.165, 1.54) is 6.42 Å². The molecule has 1 saturated carbocycles. The molecule has 4 heteroatoms. The van der Waals surface area contributed by atoms with Crippen molar-refractivity contribution in [3.05, 3.63) is 29.0 Å². The fraction of sp³-hybridized carbons (Fsp3) is 0.500. The van der Waals surface area contributed by atoms with E-state index >= 15 is 0 Å². The normalized spacial score (nSPS) is 23.3. The third-order valence-corrected chi connectivity index (χ3v) is 4.33. The number of para-hydroxylation sites is 1. The number of hydrogen-bond acceptors (Lipinski definition) is 1. The summed E-state index contributed by atoms with van der Waals surface area (Å²) < 4.78 is 2.28. The number of nitrogens with zero attached hydrogens (tertiary/aromatic N) is 2. The number of halogens is 2. The first-order valence-corrected chi connectivity index (χ1v) is 7.03. The lowest BCUT2D eigenvalue weighted by atomic mass is 10.2. The van der Waals surface area contributed by atoms with Crippen LogP contribution in [-0.4, -0.2) is 9.55 Å². The van der Waals surface area contributed by atoms with Gasteiger partial charge in [0.1, 0.15) is 11.3 Å². The highest BCUT2D eigenvalue weighted by Gasteiger charge is 2.48. The molecule has 1 aromatic carbocycles. The molecule has 18 heavy (non-hydrogen) atoms. The van der Waals surface area contributed by atoms with Crippen LogP contribution >= 0.6 is 23.2 Å². The average molecular weight is 283 g/mol. The van der Waals surface area contributed by atoms with Gasteiger partial charge in [0.25, 0.3) is 0 Å². The Morgan fingerprint density at radius 3 is 2.67 bits per heavy atom. The molecule has 0 spiro atoms. The second-order valence-corrected chi connectivity index (χ2v) is 6.83. The number of fused-ring (bicyclic) bond motifs is 1. The van der Waals surface area contributed by atoms with Gasteiger partial charge in [-0.3, -0.25) is 0 Å². The molecule has 2 aromatic rings. The van der Waals surface area contributed by atoms with Crippen LogP contribution in [0.5, 0.6) is 0 Å². The molecule has 0 N–H and O–H groups in total. The highest BCUT2D eigenvalue weighted by Crippen LogP contribution is 2.57. The van der Waals surface area contributed by atoms with Crippen molar-refractivity contribution in [3.8, 4) is 0 Å². The molecule has 0 aliphatic heterocycles. The van der Waals surface area contributed by atoms with E-state index in [9.17, 15) is 0 Å². The van der Waals surface area contributed by atoms with Gasteiger partial charge in [-0.2, -0.15) is 0 Å². The lowest BCUT2D eigenvalue weighted by molar-refractivity contribution is 0.535. The van der Waals surface area contributed by atoms with Crippen molar-refractivity contribution in [1.29, 1.82) is 0 Å². The summed E-state index contributed by atoms with van der Waals surface area (Å²) in [6.45, 7) is 6.51. The number of aromatic nitrogens is 2. The lowest BCUT2D eigenvalue weighted by Crippen LogP contribution is -2.06. The Balaban J connectivity index is 2.27. The fourth-order valence-corrected chi connectivity index (χ4v) is 2.95. The van der Waals surface area contributed by atoms with E-state index in [-0.39, 0.29) is 5.38 Å². The average Bonchev–Trinajstić information content (AvgIpc) is 2.73. The van der Waals surface area contributed by atoms with Gasteiger partial charge in [-0.05, 0) is 30.9 Å². The van der Waals surface area contributed by atoms with Crippen LogP contribution in [0.1, 0.15) is 44.4 Å². The molecule has 1 aromatic heterocycles. The summed E-state index contributed by atoms with van der Waals surface area (Å²) in [4.78, 5) is 4.64. The first-order chi connectivity index (χ1) is 8.42. The largest absolute Gasteiger partial charge is 0.323 e. The summed E-state index contributed by atoms with van der Waals surface area (Å²) >= 11 is 12.5. The predicted molar refractivity (Wildman–Crippen MR) is 76.4 cm³/mol. The maximum Gasteiger partial charge on any atom is 0.128 e. The molecule has 0 amide bonds. The van der Waals surface area contributed by atoms with Gasteiger partial charge in [0.2, 0.25) is 0 Å². The van der Waals surface area contributed by atoms with Gasteiger partial charge in [-0.1, -0.05) is 31.5 Å². The Bertz CT molecular complexity index is 614. The summed E-state index contributed by atoms with van der Waals surface area (Å²) in [6.07, 6.45) is 1.17. The van der Waals surface area contributed by atoms with Crippen LogP contribution in [0.3, 0.4) is 0 Å². The molecular weight excluding hydrogens is 267 g/mol. The van der Waals surface area contributed by atoms with Crippen molar-refractivity contribution in [1.82, 2.24) is 9.55 Å². The minimum absolute atomic E-state index is 0.107. The Labute approximate surface area is 117 Å². The molecule has 96 valence electrons. The van der Waals surface area contributed by atoms with E-state index in [1.54, 1.807) is 0 Å². The van der Waals surface area contributed by atoms with E-state index < -0.39 is 0 Å². The number of rotatable bonds is 2. The molecule has 2 nitrogen and oxygen atoms in total. The molecule has 0 radical (unpaired) electrons. The number of hydrogen-bond donors (Lipinski definition) is 0. The Kier molecular flexibility index (Phi) is 2.65. The zero-order valence-electron chi connectivity index (χ0n) is 10.7. The second-order valence-electron chi connectivity index (χ2n) is 5.77. The topological polar surface area (TPSA) is 17.8 Å². The maximum absolute atomic E-state index is 6.27. The van der Waals surface area contributed by atoms with Crippen molar-refractivity contribution in [3.63, 3.8) is 0 Å². The smallest absolute Gasteiger partial charge is 0.128 e. The van der Waals surface area contributed by atoms with Gasteiger partial charge < -0.3 is 4.57 Å². The SMILES string of the molecule is CC(Cl)c1nc2c(Cl)cccc2n1C1CC1(C)C. The Morgan fingerprint density at radius 1 is 1.44 bits per heavy atom. The summed E-state index contributed by atoms with van der Waals surface area (Å²) in [5.74, 6) is 0.926. The van der Waals surface area contributed by atoms with E-state index in [0.29, 0.717) is 16.5 Å². The van der Waals surface area contributed by atoms with Crippen LogP contribution in [0, 0.1) is 5.41 Å². The Morgan fingerprint density at radius 2 is 2.11 bits per heavy atom. The molecule has 1 aliphatic carbocycles.